The van der Waals surface area contributed by atoms with Crippen molar-refractivity contribution in [2.24, 2.45) is 0 Å². The van der Waals surface area contributed by atoms with Gasteiger partial charge in [0.1, 0.15) is 0 Å². The minimum Gasteiger partial charge on any atom is -0.478 e. The minimum atomic E-state index is -4.42. The van der Waals surface area contributed by atoms with Gasteiger partial charge in [-0.15, -0.1) is 0 Å². The number of anilines is 1. The number of hydrogen-bond acceptors (Lipinski definition) is 3. The van der Waals surface area contributed by atoms with Gasteiger partial charge in [0.15, 0.2) is 0 Å². The Hall–Kier alpha value is -3.33. The summed E-state index contributed by atoms with van der Waals surface area (Å²) in [6.07, 6.45) is -4.42. The van der Waals surface area contributed by atoms with Gasteiger partial charge < -0.3 is 5.11 Å². The molecule has 3 aromatic carbocycles. The average molecular weight is 478 g/mol. The molecule has 0 amide bonds. The normalized spacial score (nSPS) is 11.9. The molecule has 3 rings (SSSR count). The van der Waals surface area contributed by atoms with Crippen LogP contribution in [0, 0.1) is 13.8 Å². The lowest BCUT2D eigenvalue weighted by Crippen LogP contribution is -2.31. The molecule has 174 valence electrons. The summed E-state index contributed by atoms with van der Waals surface area (Å²) < 4.78 is 66.1. The van der Waals surface area contributed by atoms with Crippen molar-refractivity contribution >= 4 is 21.7 Å². The van der Waals surface area contributed by atoms with Crippen LogP contribution in [0.2, 0.25) is 0 Å². The van der Waals surface area contributed by atoms with Crippen molar-refractivity contribution < 1.29 is 31.5 Å². The van der Waals surface area contributed by atoms with Crippen molar-refractivity contribution in [1.82, 2.24) is 0 Å². The zero-order chi connectivity index (χ0) is 24.6. The standard InChI is InChI=1S/C24H22F3NO4S/c1-4-28(33(31,32)21-13-15(2)16(3)22(14-21)23(29)30)20-11-7-18(8-12-20)17-5-9-19(10-6-17)24(25,26)27/h5-14H,4H2,1-3H3,(H,29,30). The van der Waals surface area contributed by atoms with Crippen LogP contribution in [0.4, 0.5) is 18.9 Å². The maximum Gasteiger partial charge on any atom is 0.416 e. The molecule has 0 unspecified atom stereocenters. The maximum absolute atomic E-state index is 13.3. The lowest BCUT2D eigenvalue weighted by Gasteiger charge is -2.24. The third-order valence-corrected chi connectivity index (χ3v) is 7.33. The second kappa shape index (κ2) is 8.90. The van der Waals surface area contributed by atoms with Crippen LogP contribution in [0.1, 0.15) is 34.0 Å². The smallest absolute Gasteiger partial charge is 0.416 e. The van der Waals surface area contributed by atoms with Gasteiger partial charge in [0.25, 0.3) is 10.0 Å². The largest absolute Gasteiger partial charge is 0.478 e. The van der Waals surface area contributed by atoms with Gasteiger partial charge in [0, 0.05) is 6.54 Å². The van der Waals surface area contributed by atoms with Crippen molar-refractivity contribution in [3.63, 3.8) is 0 Å². The van der Waals surface area contributed by atoms with Gasteiger partial charge in [0.2, 0.25) is 0 Å². The summed E-state index contributed by atoms with van der Waals surface area (Å²) in [7, 11) is -4.05. The molecule has 5 nitrogen and oxygen atoms in total. The van der Waals surface area contributed by atoms with E-state index in [9.17, 15) is 31.5 Å². The van der Waals surface area contributed by atoms with E-state index in [1.807, 2.05) is 0 Å². The summed E-state index contributed by atoms with van der Waals surface area (Å²) in [5.41, 5.74) is 1.74. The van der Waals surface area contributed by atoms with Crippen molar-refractivity contribution in [3.05, 3.63) is 82.9 Å². The molecule has 1 N–H and O–H groups in total. The summed E-state index contributed by atoms with van der Waals surface area (Å²) in [5, 5.41) is 9.42. The van der Waals surface area contributed by atoms with Gasteiger partial charge in [-0.2, -0.15) is 13.2 Å². The Labute approximate surface area is 190 Å². The molecule has 0 fully saturated rings. The Bertz CT molecular complexity index is 1280. The van der Waals surface area contributed by atoms with Crippen LogP contribution in [0.3, 0.4) is 0 Å². The van der Waals surface area contributed by atoms with Crippen LogP contribution < -0.4 is 4.31 Å². The monoisotopic (exact) mass is 477 g/mol. The molecule has 0 saturated heterocycles. The van der Waals surface area contributed by atoms with Crippen LogP contribution in [0.25, 0.3) is 11.1 Å². The molecule has 0 aliphatic heterocycles. The zero-order valence-corrected chi connectivity index (χ0v) is 19.0. The predicted octanol–water partition coefficient (Wildman–Crippen LogP) is 5.90. The van der Waals surface area contributed by atoms with Crippen LogP contribution >= 0.6 is 0 Å². The van der Waals surface area contributed by atoms with Crippen molar-refractivity contribution in [3.8, 4) is 11.1 Å². The SMILES string of the molecule is CCN(c1ccc(-c2ccc(C(F)(F)F)cc2)cc1)S(=O)(=O)c1cc(C)c(C)c(C(=O)O)c1. The van der Waals surface area contributed by atoms with Crippen LogP contribution in [-0.2, 0) is 16.2 Å². The van der Waals surface area contributed by atoms with Gasteiger partial charge in [-0.3, -0.25) is 4.31 Å². The Morgan fingerprint density at radius 1 is 0.939 bits per heavy atom. The number of halogens is 3. The number of aryl methyl sites for hydroxylation is 1. The fourth-order valence-corrected chi connectivity index (χ4v) is 5.07. The minimum absolute atomic E-state index is 0.0812. The fourth-order valence-electron chi connectivity index (χ4n) is 3.49. The van der Waals surface area contributed by atoms with E-state index in [4.69, 9.17) is 0 Å². The van der Waals surface area contributed by atoms with E-state index in [1.165, 1.54) is 18.2 Å². The third-order valence-electron chi connectivity index (χ3n) is 5.45. The first-order chi connectivity index (χ1) is 15.4. The first-order valence-corrected chi connectivity index (χ1v) is 11.4. The third kappa shape index (κ3) is 4.88. The van der Waals surface area contributed by atoms with Crippen molar-refractivity contribution in [2.75, 3.05) is 10.8 Å². The summed E-state index contributed by atoms with van der Waals surface area (Å²) in [6, 6.07) is 13.7. The molecule has 0 bridgehead atoms. The molecule has 3 aromatic rings. The number of carboxylic acid groups (broad SMARTS) is 1. The van der Waals surface area contributed by atoms with Gasteiger partial charge in [-0.1, -0.05) is 24.3 Å². The van der Waals surface area contributed by atoms with E-state index < -0.39 is 27.7 Å². The Morgan fingerprint density at radius 2 is 1.45 bits per heavy atom. The summed E-state index contributed by atoms with van der Waals surface area (Å²) >= 11 is 0. The number of rotatable bonds is 6. The molecular weight excluding hydrogens is 455 g/mol. The number of hydrogen-bond donors (Lipinski definition) is 1. The molecule has 0 radical (unpaired) electrons. The predicted molar refractivity (Wildman–Crippen MR) is 120 cm³/mol. The zero-order valence-electron chi connectivity index (χ0n) is 18.1. The second-order valence-corrected chi connectivity index (χ2v) is 9.37. The molecule has 0 saturated carbocycles. The Morgan fingerprint density at radius 3 is 1.91 bits per heavy atom. The number of benzene rings is 3. The highest BCUT2D eigenvalue weighted by atomic mass is 32.2. The quantitative estimate of drug-likeness (QED) is 0.480. The first kappa shape index (κ1) is 24.3. The van der Waals surface area contributed by atoms with E-state index in [0.29, 0.717) is 27.9 Å². The lowest BCUT2D eigenvalue weighted by molar-refractivity contribution is -0.137. The number of carbonyl (C=O) groups is 1. The fraction of sp³-hybridized carbons (Fsp3) is 0.208. The Balaban J connectivity index is 1.96. The van der Waals surface area contributed by atoms with E-state index in [0.717, 1.165) is 22.5 Å². The van der Waals surface area contributed by atoms with Gasteiger partial charge >= 0.3 is 12.1 Å². The molecule has 0 spiro atoms. The summed E-state index contributed by atoms with van der Waals surface area (Å²) in [5.74, 6) is -1.21. The van der Waals surface area contributed by atoms with Crippen LogP contribution in [0.5, 0.6) is 0 Å². The first-order valence-electron chi connectivity index (χ1n) is 10.0. The number of sulfonamides is 1. The molecule has 33 heavy (non-hydrogen) atoms. The summed E-state index contributed by atoms with van der Waals surface area (Å²) in [4.78, 5) is 11.4. The second-order valence-electron chi connectivity index (χ2n) is 7.51. The molecule has 0 aromatic heterocycles. The maximum atomic E-state index is 13.3. The summed E-state index contributed by atoms with van der Waals surface area (Å²) in [6.45, 7) is 5.01. The van der Waals surface area contributed by atoms with Crippen molar-refractivity contribution in [2.45, 2.75) is 31.8 Å². The highest BCUT2D eigenvalue weighted by Gasteiger charge is 2.30. The number of carboxylic acids is 1. The topological polar surface area (TPSA) is 74.7 Å². The molecular formula is C24H22F3NO4S. The van der Waals surface area contributed by atoms with Gasteiger partial charge in [-0.05, 0) is 79.4 Å². The molecule has 0 heterocycles. The highest BCUT2D eigenvalue weighted by Crippen LogP contribution is 2.32. The lowest BCUT2D eigenvalue weighted by atomic mass is 10.0. The van der Waals surface area contributed by atoms with E-state index >= 15 is 0 Å². The molecule has 0 aliphatic carbocycles. The van der Waals surface area contributed by atoms with Crippen LogP contribution in [-0.4, -0.2) is 26.0 Å². The molecule has 9 heteroatoms. The van der Waals surface area contributed by atoms with E-state index in [2.05, 4.69) is 0 Å². The van der Waals surface area contributed by atoms with E-state index in [1.54, 1.807) is 45.0 Å². The Kier molecular flexibility index (Phi) is 6.56. The van der Waals surface area contributed by atoms with E-state index in [-0.39, 0.29) is 17.0 Å². The molecule has 0 aliphatic rings. The highest BCUT2D eigenvalue weighted by molar-refractivity contribution is 7.92. The van der Waals surface area contributed by atoms with Gasteiger partial charge in [-0.25, -0.2) is 13.2 Å². The van der Waals surface area contributed by atoms with Crippen LogP contribution in [0.15, 0.2) is 65.6 Å². The van der Waals surface area contributed by atoms with Crippen molar-refractivity contribution in [1.29, 1.82) is 0 Å². The number of alkyl halides is 3. The number of nitrogens with zero attached hydrogens (tertiary/aromatic N) is 1. The number of aromatic carboxylic acids is 1. The average Bonchev–Trinajstić information content (AvgIpc) is 2.75. The van der Waals surface area contributed by atoms with Gasteiger partial charge in [0.05, 0.1) is 21.7 Å². The molecule has 0 atom stereocenters.